The molecule has 1 saturated carbocycles. The van der Waals surface area contributed by atoms with Gasteiger partial charge in [0.05, 0.1) is 6.04 Å². The first-order chi connectivity index (χ1) is 7.58. The van der Waals surface area contributed by atoms with Crippen molar-refractivity contribution in [2.45, 2.75) is 53.5 Å². The predicted octanol–water partition coefficient (Wildman–Crippen LogP) is 1.44. The minimum absolute atomic E-state index is 0.0638. The van der Waals surface area contributed by atoms with Gasteiger partial charge in [-0.1, -0.05) is 27.7 Å². The van der Waals surface area contributed by atoms with Gasteiger partial charge in [0.2, 0.25) is 11.8 Å². The second kappa shape index (κ2) is 4.41. The zero-order chi connectivity index (χ0) is 13.4. The Hall–Kier alpha value is -0.900. The number of nitrogens with one attached hydrogen (secondary N) is 1. The minimum Gasteiger partial charge on any atom is -0.320 e. The molecule has 0 bridgehead atoms. The molecule has 0 aromatic rings. The second-order valence-corrected chi connectivity index (χ2v) is 6.55. The van der Waals surface area contributed by atoms with Gasteiger partial charge < -0.3 is 5.73 Å². The van der Waals surface area contributed by atoms with Gasteiger partial charge in [0.15, 0.2) is 0 Å². The van der Waals surface area contributed by atoms with Crippen LogP contribution in [0.1, 0.15) is 47.5 Å². The highest BCUT2D eigenvalue weighted by Gasteiger charge is 2.51. The van der Waals surface area contributed by atoms with E-state index in [9.17, 15) is 9.59 Å². The number of amides is 2. The summed E-state index contributed by atoms with van der Waals surface area (Å²) in [5.41, 5.74) is 5.33. The average Bonchev–Trinajstić information content (AvgIpc) is 2.35. The van der Waals surface area contributed by atoms with Gasteiger partial charge in [-0.3, -0.25) is 14.9 Å². The van der Waals surface area contributed by atoms with Crippen LogP contribution in [0.3, 0.4) is 0 Å². The normalized spacial score (nSPS) is 24.4. The van der Waals surface area contributed by atoms with Crippen molar-refractivity contribution >= 4 is 11.8 Å². The Balaban J connectivity index is 2.83. The van der Waals surface area contributed by atoms with E-state index in [1.165, 1.54) is 0 Å². The van der Waals surface area contributed by atoms with Crippen LogP contribution < -0.4 is 11.1 Å². The zero-order valence-electron chi connectivity index (χ0n) is 11.5. The maximum atomic E-state index is 12.2. The van der Waals surface area contributed by atoms with Gasteiger partial charge in [-0.25, -0.2) is 0 Å². The highest BCUT2D eigenvalue weighted by molar-refractivity contribution is 5.99. The van der Waals surface area contributed by atoms with Crippen LogP contribution in [-0.2, 0) is 9.59 Å². The summed E-state index contributed by atoms with van der Waals surface area (Å²) in [6, 6.07) is -0.647. The number of imide groups is 1. The molecule has 2 amide bonds. The summed E-state index contributed by atoms with van der Waals surface area (Å²) in [4.78, 5) is 23.7. The molecular weight excluding hydrogens is 216 g/mol. The Bertz CT molecular complexity index is 316. The van der Waals surface area contributed by atoms with Gasteiger partial charge in [-0.05, 0) is 30.6 Å². The predicted molar refractivity (Wildman–Crippen MR) is 67.1 cm³/mol. The average molecular weight is 240 g/mol. The molecule has 1 aliphatic rings. The van der Waals surface area contributed by atoms with Crippen molar-refractivity contribution in [1.82, 2.24) is 5.32 Å². The lowest BCUT2D eigenvalue weighted by molar-refractivity contribution is -0.137. The Morgan fingerprint density at radius 1 is 1.18 bits per heavy atom. The SMILES string of the molecule is C[C@H](N)C(=O)NC(=O)C1C(C)(C)CCC1(C)C. The van der Waals surface area contributed by atoms with Crippen LogP contribution >= 0.6 is 0 Å². The van der Waals surface area contributed by atoms with Crippen molar-refractivity contribution < 1.29 is 9.59 Å². The fourth-order valence-electron chi connectivity index (χ4n) is 3.01. The smallest absolute Gasteiger partial charge is 0.243 e. The topological polar surface area (TPSA) is 72.2 Å². The highest BCUT2D eigenvalue weighted by atomic mass is 16.2. The Morgan fingerprint density at radius 3 is 1.94 bits per heavy atom. The third kappa shape index (κ3) is 2.86. The second-order valence-electron chi connectivity index (χ2n) is 6.55. The van der Waals surface area contributed by atoms with Crippen molar-refractivity contribution in [3.63, 3.8) is 0 Å². The number of rotatable bonds is 2. The molecular formula is C13H24N2O2. The van der Waals surface area contributed by atoms with Crippen molar-refractivity contribution in [2.24, 2.45) is 22.5 Å². The molecule has 1 aliphatic carbocycles. The monoisotopic (exact) mass is 240 g/mol. The summed E-state index contributed by atoms with van der Waals surface area (Å²) in [5, 5.41) is 2.43. The third-order valence-electron chi connectivity index (χ3n) is 3.90. The van der Waals surface area contributed by atoms with E-state index in [0.29, 0.717) is 0 Å². The van der Waals surface area contributed by atoms with Crippen molar-refractivity contribution in [3.8, 4) is 0 Å². The van der Waals surface area contributed by atoms with Crippen LogP contribution in [0.25, 0.3) is 0 Å². The van der Waals surface area contributed by atoms with E-state index >= 15 is 0 Å². The fourth-order valence-corrected chi connectivity index (χ4v) is 3.01. The highest BCUT2D eigenvalue weighted by Crippen LogP contribution is 2.53. The van der Waals surface area contributed by atoms with Crippen LogP contribution in [-0.4, -0.2) is 17.9 Å². The largest absolute Gasteiger partial charge is 0.320 e. The maximum absolute atomic E-state index is 12.2. The molecule has 0 aromatic heterocycles. The molecule has 4 nitrogen and oxygen atoms in total. The number of nitrogens with two attached hydrogens (primary N) is 1. The molecule has 1 rings (SSSR count). The molecule has 98 valence electrons. The maximum Gasteiger partial charge on any atom is 0.243 e. The van der Waals surface area contributed by atoms with Crippen LogP contribution in [0.2, 0.25) is 0 Å². The van der Waals surface area contributed by atoms with E-state index in [0.717, 1.165) is 12.8 Å². The van der Waals surface area contributed by atoms with E-state index in [2.05, 4.69) is 33.0 Å². The van der Waals surface area contributed by atoms with Crippen LogP contribution in [0, 0.1) is 16.7 Å². The number of hydrogen-bond donors (Lipinski definition) is 2. The molecule has 0 saturated heterocycles. The number of carbonyl (C=O) groups is 2. The van der Waals surface area contributed by atoms with Crippen molar-refractivity contribution in [3.05, 3.63) is 0 Å². The Labute approximate surface area is 103 Å². The van der Waals surface area contributed by atoms with E-state index in [1.807, 2.05) is 0 Å². The van der Waals surface area contributed by atoms with Crippen LogP contribution in [0.15, 0.2) is 0 Å². The van der Waals surface area contributed by atoms with E-state index in [-0.39, 0.29) is 22.7 Å². The standard InChI is InChI=1S/C13H24N2O2/c1-8(14)10(16)15-11(17)9-12(2,3)6-7-13(9,4)5/h8-9H,6-7,14H2,1-5H3,(H,15,16,17)/t8-/m0/s1. The molecule has 3 N–H and O–H groups in total. The molecule has 0 radical (unpaired) electrons. The molecule has 0 aromatic carbocycles. The molecule has 17 heavy (non-hydrogen) atoms. The van der Waals surface area contributed by atoms with Crippen molar-refractivity contribution in [1.29, 1.82) is 0 Å². The number of carbonyl (C=O) groups excluding carboxylic acids is 2. The van der Waals surface area contributed by atoms with E-state index < -0.39 is 11.9 Å². The Morgan fingerprint density at radius 2 is 1.59 bits per heavy atom. The first-order valence-electron chi connectivity index (χ1n) is 6.18. The summed E-state index contributed by atoms with van der Waals surface area (Å²) in [7, 11) is 0. The lowest BCUT2D eigenvalue weighted by atomic mass is 9.72. The van der Waals surface area contributed by atoms with Gasteiger partial charge in [0, 0.05) is 5.92 Å². The lowest BCUT2D eigenvalue weighted by Crippen LogP contribution is -2.48. The lowest BCUT2D eigenvalue weighted by Gasteiger charge is -2.33. The molecule has 0 aliphatic heterocycles. The minimum atomic E-state index is -0.647. The van der Waals surface area contributed by atoms with Gasteiger partial charge in [-0.15, -0.1) is 0 Å². The van der Waals surface area contributed by atoms with Gasteiger partial charge in [-0.2, -0.15) is 0 Å². The summed E-state index contributed by atoms with van der Waals surface area (Å²) in [5.74, 6) is -0.717. The third-order valence-corrected chi connectivity index (χ3v) is 3.90. The van der Waals surface area contributed by atoms with Crippen LogP contribution in [0.5, 0.6) is 0 Å². The molecule has 1 atom stereocenters. The van der Waals surface area contributed by atoms with Crippen LogP contribution in [0.4, 0.5) is 0 Å². The Kier molecular flexibility index (Phi) is 3.67. The zero-order valence-corrected chi connectivity index (χ0v) is 11.5. The first kappa shape index (κ1) is 14.2. The van der Waals surface area contributed by atoms with Gasteiger partial charge in [0.25, 0.3) is 0 Å². The van der Waals surface area contributed by atoms with E-state index in [4.69, 9.17) is 5.73 Å². The fraction of sp³-hybridized carbons (Fsp3) is 0.846. The molecule has 0 spiro atoms. The first-order valence-corrected chi connectivity index (χ1v) is 6.18. The number of hydrogen-bond acceptors (Lipinski definition) is 3. The molecule has 0 heterocycles. The summed E-state index contributed by atoms with van der Waals surface area (Å²) >= 11 is 0. The molecule has 1 fully saturated rings. The molecule has 0 unspecified atom stereocenters. The molecule has 4 heteroatoms. The summed E-state index contributed by atoms with van der Waals surface area (Å²) in [6.45, 7) is 9.92. The van der Waals surface area contributed by atoms with Gasteiger partial charge >= 0.3 is 0 Å². The quantitative estimate of drug-likeness (QED) is 0.767. The van der Waals surface area contributed by atoms with E-state index in [1.54, 1.807) is 6.92 Å². The summed E-state index contributed by atoms with van der Waals surface area (Å²) in [6.07, 6.45) is 2.01. The van der Waals surface area contributed by atoms with Gasteiger partial charge in [0.1, 0.15) is 0 Å². The van der Waals surface area contributed by atoms with Crippen molar-refractivity contribution in [2.75, 3.05) is 0 Å². The summed E-state index contributed by atoms with van der Waals surface area (Å²) < 4.78 is 0.